The Bertz CT molecular complexity index is 525. The molecule has 0 saturated carbocycles. The van der Waals surface area contributed by atoms with Crippen molar-refractivity contribution in [1.29, 1.82) is 0 Å². The van der Waals surface area contributed by atoms with E-state index in [0.717, 1.165) is 25.7 Å². The summed E-state index contributed by atoms with van der Waals surface area (Å²) in [6, 6.07) is 8.78. The lowest BCUT2D eigenvalue weighted by atomic mass is 10.1. The lowest BCUT2D eigenvalue weighted by molar-refractivity contribution is 0.552. The Kier molecular flexibility index (Phi) is 7.98. The third-order valence-corrected chi connectivity index (χ3v) is 7.41. The maximum atomic E-state index is 12.0. The molecule has 0 fully saturated rings. The van der Waals surface area contributed by atoms with Crippen molar-refractivity contribution in [3.05, 3.63) is 29.8 Å². The van der Waals surface area contributed by atoms with Gasteiger partial charge >= 0.3 is 0 Å². The van der Waals surface area contributed by atoms with E-state index < -0.39 is 14.6 Å². The lowest BCUT2D eigenvalue weighted by Gasteiger charge is -2.18. The Labute approximate surface area is 141 Å². The molecule has 1 aromatic carbocycles. The molecule has 0 unspecified atom stereocenters. The van der Waals surface area contributed by atoms with E-state index in [1.165, 1.54) is 23.3 Å². The normalized spacial score (nSPS) is 12.5. The second-order valence-corrected chi connectivity index (χ2v) is 10.5. The van der Waals surface area contributed by atoms with E-state index in [9.17, 15) is 8.42 Å². The first-order valence-electron chi connectivity index (χ1n) is 8.11. The highest BCUT2D eigenvalue weighted by Crippen LogP contribution is 2.19. The van der Waals surface area contributed by atoms with Gasteiger partial charge in [0.2, 0.25) is 0 Å². The van der Waals surface area contributed by atoms with Crippen LogP contribution < -0.4 is 0 Å². The Morgan fingerprint density at radius 3 is 2.00 bits per heavy atom. The zero-order valence-electron chi connectivity index (χ0n) is 14.4. The zero-order chi connectivity index (χ0) is 16.6. The van der Waals surface area contributed by atoms with E-state index in [2.05, 4.69) is 30.5 Å². The fraction of sp³-hybridized carbons (Fsp3) is 0.667. The van der Waals surface area contributed by atoms with Gasteiger partial charge in [-0.15, -0.1) is 11.8 Å². The number of thioether (sulfide) groups is 1. The van der Waals surface area contributed by atoms with Crippen LogP contribution in [-0.2, 0) is 16.3 Å². The summed E-state index contributed by atoms with van der Waals surface area (Å²) < 4.78 is 23.3. The summed E-state index contributed by atoms with van der Waals surface area (Å²) in [5.41, 5.74) is 1.40. The second-order valence-electron chi connectivity index (χ2n) is 6.80. The molecule has 0 aliphatic heterocycles. The summed E-state index contributed by atoms with van der Waals surface area (Å²) in [4.78, 5) is 1.31. The molecule has 0 amide bonds. The first kappa shape index (κ1) is 19.6. The first-order valence-corrected chi connectivity index (χ1v) is 11.0. The number of rotatable bonds is 9. The zero-order valence-corrected chi connectivity index (χ0v) is 16.0. The highest BCUT2D eigenvalue weighted by atomic mass is 32.2. The van der Waals surface area contributed by atoms with Gasteiger partial charge in [-0.05, 0) is 64.0 Å². The summed E-state index contributed by atoms with van der Waals surface area (Å²) in [6.45, 7) is 5.35. The molecule has 0 N–H and O–H groups in total. The standard InChI is InChI=1S/C18H30O2S2/c1-18(2,3)22(19,20)15-9-7-5-6-8-10-16-11-13-17(21-4)14-12-16/h11-14H,5-10,15H2,1-4H3. The van der Waals surface area contributed by atoms with Crippen LogP contribution >= 0.6 is 11.8 Å². The molecular formula is C18H30O2S2. The Balaban J connectivity index is 2.13. The Morgan fingerprint density at radius 2 is 1.45 bits per heavy atom. The van der Waals surface area contributed by atoms with E-state index in [-0.39, 0.29) is 0 Å². The van der Waals surface area contributed by atoms with Gasteiger partial charge in [0.25, 0.3) is 0 Å². The maximum Gasteiger partial charge on any atom is 0.155 e. The molecule has 0 saturated heterocycles. The molecule has 4 heteroatoms. The number of benzene rings is 1. The minimum atomic E-state index is -2.94. The summed E-state index contributed by atoms with van der Waals surface area (Å²) >= 11 is 1.77. The Morgan fingerprint density at radius 1 is 0.909 bits per heavy atom. The third-order valence-electron chi connectivity index (χ3n) is 3.97. The minimum Gasteiger partial charge on any atom is -0.228 e. The molecule has 0 atom stereocenters. The molecule has 1 aromatic rings. The van der Waals surface area contributed by atoms with Crippen molar-refractivity contribution < 1.29 is 8.42 Å². The molecule has 0 heterocycles. The van der Waals surface area contributed by atoms with E-state index in [0.29, 0.717) is 5.75 Å². The summed E-state index contributed by atoms with van der Waals surface area (Å²) in [5.74, 6) is 0.326. The van der Waals surface area contributed by atoms with E-state index in [1.807, 2.05) is 0 Å². The number of unbranched alkanes of at least 4 members (excludes halogenated alkanes) is 4. The molecular weight excluding hydrogens is 312 g/mol. The topological polar surface area (TPSA) is 34.1 Å². The van der Waals surface area contributed by atoms with Crippen molar-refractivity contribution >= 4 is 21.6 Å². The Hall–Kier alpha value is -0.480. The average molecular weight is 343 g/mol. The molecule has 1 rings (SSSR count). The fourth-order valence-electron chi connectivity index (χ4n) is 2.25. The number of sulfone groups is 1. The molecule has 0 aliphatic rings. The third kappa shape index (κ3) is 6.74. The van der Waals surface area contributed by atoms with E-state index in [4.69, 9.17) is 0 Å². The van der Waals surface area contributed by atoms with Crippen LogP contribution in [0.5, 0.6) is 0 Å². The van der Waals surface area contributed by atoms with Crippen LogP contribution in [0.1, 0.15) is 58.4 Å². The number of hydrogen-bond donors (Lipinski definition) is 0. The highest BCUT2D eigenvalue weighted by molar-refractivity contribution is 7.98. The van der Waals surface area contributed by atoms with Crippen molar-refractivity contribution in [2.75, 3.05) is 12.0 Å². The van der Waals surface area contributed by atoms with Gasteiger partial charge in [0, 0.05) is 4.90 Å². The number of hydrogen-bond acceptors (Lipinski definition) is 3. The largest absolute Gasteiger partial charge is 0.228 e. The minimum absolute atomic E-state index is 0.326. The summed E-state index contributed by atoms with van der Waals surface area (Å²) in [6.07, 6.45) is 8.51. The molecule has 22 heavy (non-hydrogen) atoms. The smallest absolute Gasteiger partial charge is 0.155 e. The van der Waals surface area contributed by atoms with Gasteiger partial charge < -0.3 is 0 Å². The summed E-state index contributed by atoms with van der Waals surface area (Å²) in [7, 11) is -2.94. The van der Waals surface area contributed by atoms with Crippen LogP contribution in [0.25, 0.3) is 0 Å². The molecule has 0 aliphatic carbocycles. The van der Waals surface area contributed by atoms with Crippen LogP contribution in [0.2, 0.25) is 0 Å². The fourth-order valence-corrected chi connectivity index (χ4v) is 3.85. The van der Waals surface area contributed by atoms with Crippen molar-refractivity contribution in [3.63, 3.8) is 0 Å². The average Bonchev–Trinajstić information content (AvgIpc) is 2.45. The van der Waals surface area contributed by atoms with Crippen LogP contribution in [0.15, 0.2) is 29.2 Å². The predicted octanol–water partition coefficient (Wildman–Crippen LogP) is 5.11. The molecule has 0 spiro atoms. The maximum absolute atomic E-state index is 12.0. The van der Waals surface area contributed by atoms with Gasteiger partial charge in [-0.1, -0.05) is 31.4 Å². The first-order chi connectivity index (χ1) is 10.3. The lowest BCUT2D eigenvalue weighted by Crippen LogP contribution is -2.30. The van der Waals surface area contributed by atoms with Crippen LogP contribution in [0.3, 0.4) is 0 Å². The van der Waals surface area contributed by atoms with E-state index in [1.54, 1.807) is 32.5 Å². The monoisotopic (exact) mass is 342 g/mol. The van der Waals surface area contributed by atoms with Gasteiger partial charge in [-0.25, -0.2) is 8.42 Å². The predicted molar refractivity (Wildman–Crippen MR) is 98.6 cm³/mol. The molecule has 0 aromatic heterocycles. The molecule has 2 nitrogen and oxygen atoms in total. The van der Waals surface area contributed by atoms with Crippen LogP contribution in [0.4, 0.5) is 0 Å². The number of aryl methyl sites for hydroxylation is 1. The quantitative estimate of drug-likeness (QED) is 0.462. The van der Waals surface area contributed by atoms with E-state index >= 15 is 0 Å². The second kappa shape index (κ2) is 8.97. The van der Waals surface area contributed by atoms with Gasteiger partial charge in [0.15, 0.2) is 9.84 Å². The van der Waals surface area contributed by atoms with Crippen LogP contribution in [-0.4, -0.2) is 25.2 Å². The van der Waals surface area contributed by atoms with Crippen molar-refractivity contribution in [2.24, 2.45) is 0 Å². The van der Waals surface area contributed by atoms with Gasteiger partial charge in [0.1, 0.15) is 0 Å². The van der Waals surface area contributed by atoms with Gasteiger partial charge in [-0.3, -0.25) is 0 Å². The van der Waals surface area contributed by atoms with Crippen molar-refractivity contribution in [2.45, 2.75) is 68.9 Å². The SMILES string of the molecule is CSc1ccc(CCCCCCCS(=O)(=O)C(C)(C)C)cc1. The molecule has 0 bridgehead atoms. The van der Waals surface area contributed by atoms with Crippen molar-refractivity contribution in [3.8, 4) is 0 Å². The molecule has 0 radical (unpaired) electrons. The summed E-state index contributed by atoms with van der Waals surface area (Å²) in [5, 5.41) is 0. The van der Waals surface area contributed by atoms with Gasteiger partial charge in [-0.2, -0.15) is 0 Å². The van der Waals surface area contributed by atoms with Crippen molar-refractivity contribution in [1.82, 2.24) is 0 Å². The molecule has 126 valence electrons. The van der Waals surface area contributed by atoms with Gasteiger partial charge in [0.05, 0.1) is 10.5 Å². The highest BCUT2D eigenvalue weighted by Gasteiger charge is 2.27. The van der Waals surface area contributed by atoms with Crippen LogP contribution in [0, 0.1) is 0 Å².